The van der Waals surface area contributed by atoms with Crippen molar-refractivity contribution in [2.45, 2.75) is 6.92 Å². The van der Waals surface area contributed by atoms with Gasteiger partial charge in [-0.05, 0) is 30.5 Å². The molecule has 5 aromatic rings. The Bertz CT molecular complexity index is 1540. The summed E-state index contributed by atoms with van der Waals surface area (Å²) in [5, 5.41) is 4.63. The molecule has 1 aromatic carbocycles. The summed E-state index contributed by atoms with van der Waals surface area (Å²) in [4.78, 5) is 43.9. The average Bonchev–Trinajstić information content (AvgIpc) is 3.40. The van der Waals surface area contributed by atoms with E-state index in [1.165, 1.54) is 29.0 Å². The molecule has 0 bridgehead atoms. The second-order valence-corrected chi connectivity index (χ2v) is 8.45. The third kappa shape index (κ3) is 3.04. The maximum Gasteiger partial charge on any atom is 0.306 e. The summed E-state index contributed by atoms with van der Waals surface area (Å²) >= 11 is 2.88. The minimum Gasteiger partial charge on any atom is -0.451 e. The molecule has 0 saturated carbocycles. The zero-order valence-electron chi connectivity index (χ0n) is 15.5. The molecule has 0 atom stereocenters. The van der Waals surface area contributed by atoms with Crippen molar-refractivity contribution in [2.75, 3.05) is 5.43 Å². The molecule has 7 nitrogen and oxygen atoms in total. The molecule has 4 heterocycles. The Morgan fingerprint density at radius 1 is 1.17 bits per heavy atom. The Labute approximate surface area is 176 Å². The lowest BCUT2D eigenvalue weighted by molar-refractivity contribution is 0.0981. The number of carbonyl (C=O) groups excluding carboxylic acids is 1. The van der Waals surface area contributed by atoms with E-state index in [1.807, 2.05) is 29.8 Å². The Hall–Kier alpha value is -3.56. The van der Waals surface area contributed by atoms with Crippen LogP contribution in [0.2, 0.25) is 0 Å². The summed E-state index contributed by atoms with van der Waals surface area (Å²) in [6.45, 7) is 1.87. The van der Waals surface area contributed by atoms with Gasteiger partial charge in [-0.25, -0.2) is 9.66 Å². The van der Waals surface area contributed by atoms with Crippen LogP contribution in [-0.2, 0) is 0 Å². The fourth-order valence-electron chi connectivity index (χ4n) is 3.17. The Kier molecular flexibility index (Phi) is 4.34. The number of aryl methyl sites for hydroxylation is 1. The lowest BCUT2D eigenvalue weighted by Crippen LogP contribution is -2.33. The zero-order chi connectivity index (χ0) is 20.8. The van der Waals surface area contributed by atoms with Crippen LogP contribution in [0.4, 0.5) is 0 Å². The first-order valence-corrected chi connectivity index (χ1v) is 10.7. The molecule has 148 valence electrons. The highest BCUT2D eigenvalue weighted by Gasteiger charge is 2.17. The quantitative estimate of drug-likeness (QED) is 0.463. The highest BCUT2D eigenvalue weighted by Crippen LogP contribution is 2.33. The molecule has 0 aliphatic heterocycles. The number of hydrogen-bond donors (Lipinski definition) is 1. The van der Waals surface area contributed by atoms with Crippen LogP contribution in [0.3, 0.4) is 0 Å². The number of carbonyl (C=O) groups is 1. The predicted octanol–water partition coefficient (Wildman–Crippen LogP) is 3.99. The third-order valence-electron chi connectivity index (χ3n) is 4.61. The smallest absolute Gasteiger partial charge is 0.306 e. The number of thiophene rings is 2. The van der Waals surface area contributed by atoms with E-state index in [2.05, 4.69) is 10.4 Å². The molecule has 0 aliphatic rings. The molecule has 9 heteroatoms. The van der Waals surface area contributed by atoms with Gasteiger partial charge in [0.1, 0.15) is 16.7 Å². The van der Waals surface area contributed by atoms with Gasteiger partial charge >= 0.3 is 5.91 Å². The highest BCUT2D eigenvalue weighted by molar-refractivity contribution is 7.18. The van der Waals surface area contributed by atoms with E-state index in [-0.39, 0.29) is 11.2 Å². The maximum atomic E-state index is 13.0. The number of hydrogen-bond acceptors (Lipinski definition) is 7. The Morgan fingerprint density at radius 2 is 2.03 bits per heavy atom. The summed E-state index contributed by atoms with van der Waals surface area (Å²) in [5.74, 6) is -0.905. The second kappa shape index (κ2) is 7.05. The van der Waals surface area contributed by atoms with Gasteiger partial charge in [-0.15, -0.1) is 22.7 Å². The molecule has 0 spiro atoms. The van der Waals surface area contributed by atoms with Gasteiger partial charge in [-0.3, -0.25) is 19.8 Å². The van der Waals surface area contributed by atoms with E-state index < -0.39 is 11.5 Å². The molecule has 0 aliphatic carbocycles. The van der Waals surface area contributed by atoms with Crippen molar-refractivity contribution < 1.29 is 9.21 Å². The van der Waals surface area contributed by atoms with Crippen LogP contribution in [-0.4, -0.2) is 15.6 Å². The highest BCUT2D eigenvalue weighted by atomic mass is 32.1. The summed E-state index contributed by atoms with van der Waals surface area (Å²) in [6, 6.07) is 10.1. The first kappa shape index (κ1) is 18.5. The lowest BCUT2D eigenvalue weighted by Gasteiger charge is -2.08. The van der Waals surface area contributed by atoms with Crippen molar-refractivity contribution >= 4 is 49.8 Å². The summed E-state index contributed by atoms with van der Waals surface area (Å²) in [7, 11) is 0. The largest absolute Gasteiger partial charge is 0.451 e. The van der Waals surface area contributed by atoms with Gasteiger partial charge in [-0.2, -0.15) is 0 Å². The average molecular weight is 435 g/mol. The van der Waals surface area contributed by atoms with Crippen molar-refractivity contribution in [1.29, 1.82) is 0 Å². The van der Waals surface area contributed by atoms with Crippen LogP contribution < -0.4 is 16.4 Å². The van der Waals surface area contributed by atoms with Gasteiger partial charge in [0.05, 0.1) is 10.8 Å². The Morgan fingerprint density at radius 3 is 2.83 bits per heavy atom. The molecule has 0 fully saturated rings. The molecular formula is C21H13N3O4S2. The summed E-state index contributed by atoms with van der Waals surface area (Å²) in [5.41, 5.74) is 3.72. The molecule has 0 saturated heterocycles. The second-order valence-electron chi connectivity index (χ2n) is 6.64. The van der Waals surface area contributed by atoms with Crippen LogP contribution in [0, 0.1) is 6.92 Å². The molecule has 4 aromatic heterocycles. The fraction of sp³-hybridized carbons (Fsp3) is 0.0476. The van der Waals surface area contributed by atoms with Crippen molar-refractivity contribution in [3.8, 4) is 10.4 Å². The molecular weight excluding hydrogens is 422 g/mol. The monoisotopic (exact) mass is 435 g/mol. The zero-order valence-corrected chi connectivity index (χ0v) is 17.2. The van der Waals surface area contributed by atoms with E-state index >= 15 is 0 Å². The van der Waals surface area contributed by atoms with Crippen LogP contribution in [0.25, 0.3) is 31.6 Å². The van der Waals surface area contributed by atoms with E-state index in [4.69, 9.17) is 4.42 Å². The van der Waals surface area contributed by atoms with E-state index in [1.54, 1.807) is 18.2 Å². The topological polar surface area (TPSA) is 94.2 Å². The minimum atomic E-state index is -0.717. The number of amides is 1. The van der Waals surface area contributed by atoms with E-state index in [0.29, 0.717) is 21.2 Å². The fourth-order valence-corrected chi connectivity index (χ4v) is 4.89. The lowest BCUT2D eigenvalue weighted by atomic mass is 10.1. The predicted molar refractivity (Wildman–Crippen MR) is 118 cm³/mol. The van der Waals surface area contributed by atoms with Crippen LogP contribution >= 0.6 is 22.7 Å². The molecule has 0 radical (unpaired) electrons. The van der Waals surface area contributed by atoms with E-state index in [9.17, 15) is 14.4 Å². The number of benzene rings is 1. The molecule has 1 amide bonds. The van der Waals surface area contributed by atoms with Gasteiger partial charge in [-0.1, -0.05) is 17.7 Å². The first-order valence-electron chi connectivity index (χ1n) is 8.90. The number of fused-ring (bicyclic) bond motifs is 2. The van der Waals surface area contributed by atoms with Gasteiger partial charge in [0.25, 0.3) is 5.56 Å². The summed E-state index contributed by atoms with van der Waals surface area (Å²) in [6.07, 6.45) is 1.25. The van der Waals surface area contributed by atoms with Crippen LogP contribution in [0.5, 0.6) is 0 Å². The SMILES string of the molecule is Cc1ccc2oc(C(=O)Nn3cnc4scc(-c5cccs5)c4c3=O)cc(=O)c2c1. The number of nitrogens with zero attached hydrogens (tertiary/aromatic N) is 2. The number of nitrogens with one attached hydrogen (secondary N) is 1. The molecule has 5 rings (SSSR count). The molecule has 30 heavy (non-hydrogen) atoms. The normalized spacial score (nSPS) is 11.2. The minimum absolute atomic E-state index is 0.188. The number of aromatic nitrogens is 2. The molecule has 0 unspecified atom stereocenters. The van der Waals surface area contributed by atoms with Gasteiger partial charge < -0.3 is 4.42 Å². The van der Waals surface area contributed by atoms with Crippen molar-refractivity contribution in [3.05, 3.63) is 85.4 Å². The third-order valence-corrected chi connectivity index (χ3v) is 6.40. The van der Waals surface area contributed by atoms with Gasteiger partial charge in [0.15, 0.2) is 11.2 Å². The van der Waals surface area contributed by atoms with Gasteiger partial charge in [0.2, 0.25) is 0 Å². The standard InChI is InChI=1S/C21H13N3O4S2/c1-11-4-5-15-12(7-11)14(25)8-16(28-15)19(26)23-24-10-22-20-18(21(24)27)13(9-30-20)17-3-2-6-29-17/h2-10H,1H3,(H,23,26). The van der Waals surface area contributed by atoms with Crippen LogP contribution in [0.15, 0.2) is 67.5 Å². The molecule has 1 N–H and O–H groups in total. The van der Waals surface area contributed by atoms with Gasteiger partial charge in [0, 0.05) is 21.9 Å². The van der Waals surface area contributed by atoms with Crippen LogP contribution in [0.1, 0.15) is 16.1 Å². The van der Waals surface area contributed by atoms with Crippen molar-refractivity contribution in [2.24, 2.45) is 0 Å². The van der Waals surface area contributed by atoms with Crippen molar-refractivity contribution in [1.82, 2.24) is 9.66 Å². The summed E-state index contributed by atoms with van der Waals surface area (Å²) < 4.78 is 6.59. The Balaban J connectivity index is 1.55. The van der Waals surface area contributed by atoms with E-state index in [0.717, 1.165) is 26.7 Å². The van der Waals surface area contributed by atoms with Crippen molar-refractivity contribution in [3.63, 3.8) is 0 Å². The number of rotatable bonds is 3. The maximum absolute atomic E-state index is 13.0. The first-order chi connectivity index (χ1) is 14.5.